The second-order valence-electron chi connectivity index (χ2n) is 3.82. The molecule has 1 aromatic heterocycles. The van der Waals surface area contributed by atoms with Crippen molar-refractivity contribution < 1.29 is 4.74 Å². The lowest BCUT2D eigenvalue weighted by molar-refractivity contribution is 0.0648. The fraction of sp³-hybridized carbons (Fsp3) is 0.333. The van der Waals surface area contributed by atoms with Crippen molar-refractivity contribution in [2.75, 3.05) is 12.3 Å². The number of benzene rings is 1. The minimum absolute atomic E-state index is 0.372. The molecular formula is C12H16N4O. The molecule has 0 saturated carbocycles. The third-order valence-corrected chi connectivity index (χ3v) is 2.55. The average Bonchev–Trinajstić information content (AvgIpc) is 2.62. The molecule has 0 aliphatic rings. The first kappa shape index (κ1) is 11.6. The van der Waals surface area contributed by atoms with Gasteiger partial charge in [-0.2, -0.15) is 0 Å². The van der Waals surface area contributed by atoms with Crippen molar-refractivity contribution in [3.05, 3.63) is 24.3 Å². The van der Waals surface area contributed by atoms with Crippen LogP contribution in [-0.4, -0.2) is 21.9 Å². The van der Waals surface area contributed by atoms with Gasteiger partial charge in [-0.15, -0.1) is 0 Å². The number of nitrogens with two attached hydrogens (primary N) is 1. The molecule has 0 aliphatic carbocycles. The number of para-hydroxylation sites is 2. The van der Waals surface area contributed by atoms with Gasteiger partial charge < -0.3 is 15.9 Å². The summed E-state index contributed by atoms with van der Waals surface area (Å²) < 4.78 is 7.31. The molecule has 2 aromatic rings. The van der Waals surface area contributed by atoms with E-state index in [1.165, 1.54) is 0 Å². The SMILES string of the molecule is CCOC(C(C)=N)n1c(N)nc2ccccc21. The first-order valence-corrected chi connectivity index (χ1v) is 5.54. The molecule has 17 heavy (non-hydrogen) atoms. The van der Waals surface area contributed by atoms with Crippen LogP contribution in [0.3, 0.4) is 0 Å². The highest BCUT2D eigenvalue weighted by Gasteiger charge is 2.19. The van der Waals surface area contributed by atoms with Crippen LogP contribution in [0, 0.1) is 5.41 Å². The van der Waals surface area contributed by atoms with Crippen LogP contribution < -0.4 is 5.73 Å². The number of nitrogens with zero attached hydrogens (tertiary/aromatic N) is 2. The van der Waals surface area contributed by atoms with Crippen LogP contribution in [0.4, 0.5) is 5.95 Å². The fourth-order valence-electron chi connectivity index (χ4n) is 1.86. The molecule has 0 spiro atoms. The molecule has 0 radical (unpaired) electrons. The van der Waals surface area contributed by atoms with Crippen molar-refractivity contribution in [3.8, 4) is 0 Å². The molecule has 0 fully saturated rings. The van der Waals surface area contributed by atoms with E-state index in [4.69, 9.17) is 15.9 Å². The van der Waals surface area contributed by atoms with E-state index in [1.807, 2.05) is 31.2 Å². The Morgan fingerprint density at radius 1 is 1.53 bits per heavy atom. The third kappa shape index (κ3) is 2.01. The van der Waals surface area contributed by atoms with Crippen molar-refractivity contribution in [3.63, 3.8) is 0 Å². The first-order chi connectivity index (χ1) is 8.15. The first-order valence-electron chi connectivity index (χ1n) is 5.54. The fourth-order valence-corrected chi connectivity index (χ4v) is 1.86. The minimum Gasteiger partial charge on any atom is -0.369 e. The van der Waals surface area contributed by atoms with Crippen LogP contribution in [-0.2, 0) is 4.74 Å². The van der Waals surface area contributed by atoms with Crippen molar-refractivity contribution in [1.82, 2.24) is 9.55 Å². The molecule has 0 amide bonds. The summed E-state index contributed by atoms with van der Waals surface area (Å²) in [6.07, 6.45) is -0.479. The molecule has 1 atom stereocenters. The highest BCUT2D eigenvalue weighted by atomic mass is 16.5. The number of fused-ring (bicyclic) bond motifs is 1. The van der Waals surface area contributed by atoms with E-state index in [1.54, 1.807) is 11.5 Å². The van der Waals surface area contributed by atoms with E-state index in [0.717, 1.165) is 11.0 Å². The van der Waals surface area contributed by atoms with Gasteiger partial charge >= 0.3 is 0 Å². The average molecular weight is 232 g/mol. The lowest BCUT2D eigenvalue weighted by Crippen LogP contribution is -2.21. The van der Waals surface area contributed by atoms with E-state index < -0.39 is 6.23 Å². The molecule has 5 heteroatoms. The second kappa shape index (κ2) is 4.55. The number of aromatic nitrogens is 2. The van der Waals surface area contributed by atoms with Crippen LogP contribution >= 0.6 is 0 Å². The summed E-state index contributed by atoms with van der Waals surface area (Å²) in [5.74, 6) is 0.372. The number of imidazole rings is 1. The van der Waals surface area contributed by atoms with Gasteiger partial charge in [0.25, 0.3) is 0 Å². The van der Waals surface area contributed by atoms with Gasteiger partial charge in [0.1, 0.15) is 0 Å². The second-order valence-corrected chi connectivity index (χ2v) is 3.82. The summed E-state index contributed by atoms with van der Waals surface area (Å²) in [6.45, 7) is 4.12. The largest absolute Gasteiger partial charge is 0.369 e. The quantitative estimate of drug-likeness (QED) is 0.793. The van der Waals surface area contributed by atoms with E-state index in [9.17, 15) is 0 Å². The zero-order valence-electron chi connectivity index (χ0n) is 9.97. The number of rotatable bonds is 4. The Hall–Kier alpha value is -1.88. The van der Waals surface area contributed by atoms with Gasteiger partial charge in [0.2, 0.25) is 5.95 Å². The van der Waals surface area contributed by atoms with Crippen LogP contribution in [0.1, 0.15) is 20.1 Å². The Bertz CT molecular complexity index is 546. The van der Waals surface area contributed by atoms with Gasteiger partial charge in [-0.05, 0) is 26.0 Å². The summed E-state index contributed by atoms with van der Waals surface area (Å²) in [7, 11) is 0. The predicted molar refractivity (Wildman–Crippen MR) is 68.2 cm³/mol. The topological polar surface area (TPSA) is 76.9 Å². The van der Waals surface area contributed by atoms with E-state index >= 15 is 0 Å². The standard InChI is InChI=1S/C12H16N4O/c1-3-17-11(8(2)13)16-10-7-5-4-6-9(10)15-12(16)14/h4-7,11,13H,3H2,1-2H3,(H2,14,15). The summed E-state index contributed by atoms with van der Waals surface area (Å²) >= 11 is 0. The monoisotopic (exact) mass is 232 g/mol. The third-order valence-electron chi connectivity index (χ3n) is 2.55. The van der Waals surface area contributed by atoms with E-state index in [2.05, 4.69) is 4.98 Å². The molecule has 0 bridgehead atoms. The van der Waals surface area contributed by atoms with Crippen molar-refractivity contribution in [2.24, 2.45) is 0 Å². The Balaban J connectivity index is 2.59. The Labute approximate surface area is 99.7 Å². The summed E-state index contributed by atoms with van der Waals surface area (Å²) in [6, 6.07) is 7.65. The summed E-state index contributed by atoms with van der Waals surface area (Å²) in [5.41, 5.74) is 8.00. The number of hydrogen-bond acceptors (Lipinski definition) is 4. The number of hydrogen-bond donors (Lipinski definition) is 2. The van der Waals surface area contributed by atoms with Crippen LogP contribution in [0.15, 0.2) is 24.3 Å². The summed E-state index contributed by atoms with van der Waals surface area (Å²) in [5, 5.41) is 7.77. The van der Waals surface area contributed by atoms with Crippen LogP contribution in [0.25, 0.3) is 11.0 Å². The molecule has 3 N–H and O–H groups in total. The maximum atomic E-state index is 7.77. The Morgan fingerprint density at radius 3 is 2.88 bits per heavy atom. The molecule has 1 unspecified atom stereocenters. The minimum atomic E-state index is -0.479. The number of ether oxygens (including phenoxy) is 1. The predicted octanol–water partition coefficient (Wildman–Crippen LogP) is 2.19. The van der Waals surface area contributed by atoms with Crippen molar-refractivity contribution in [1.29, 1.82) is 5.41 Å². The molecule has 0 saturated heterocycles. The molecule has 5 nitrogen and oxygen atoms in total. The number of nitrogen functional groups attached to an aromatic ring is 1. The summed E-state index contributed by atoms with van der Waals surface area (Å²) in [4.78, 5) is 4.26. The maximum Gasteiger partial charge on any atom is 0.203 e. The van der Waals surface area contributed by atoms with E-state index in [-0.39, 0.29) is 0 Å². The van der Waals surface area contributed by atoms with Gasteiger partial charge in [0.15, 0.2) is 6.23 Å². The van der Waals surface area contributed by atoms with Gasteiger partial charge in [-0.25, -0.2) is 4.98 Å². The number of nitrogens with one attached hydrogen (secondary N) is 1. The van der Waals surface area contributed by atoms with Gasteiger partial charge in [-0.1, -0.05) is 12.1 Å². The normalized spacial score (nSPS) is 12.8. The van der Waals surface area contributed by atoms with Crippen LogP contribution in [0.5, 0.6) is 0 Å². The number of anilines is 1. The lowest BCUT2D eigenvalue weighted by atomic mass is 10.3. The zero-order valence-corrected chi connectivity index (χ0v) is 9.97. The molecule has 2 rings (SSSR count). The molecule has 1 heterocycles. The molecule has 0 aliphatic heterocycles. The molecule has 90 valence electrons. The van der Waals surface area contributed by atoms with Gasteiger partial charge in [0.05, 0.1) is 16.7 Å². The maximum absolute atomic E-state index is 7.77. The van der Waals surface area contributed by atoms with Crippen molar-refractivity contribution in [2.45, 2.75) is 20.1 Å². The smallest absolute Gasteiger partial charge is 0.203 e. The van der Waals surface area contributed by atoms with E-state index in [0.29, 0.717) is 18.3 Å². The van der Waals surface area contributed by atoms with Gasteiger partial charge in [0, 0.05) is 6.61 Å². The van der Waals surface area contributed by atoms with Crippen LogP contribution in [0.2, 0.25) is 0 Å². The van der Waals surface area contributed by atoms with Gasteiger partial charge in [-0.3, -0.25) is 4.57 Å². The lowest BCUT2D eigenvalue weighted by Gasteiger charge is -2.19. The molecular weight excluding hydrogens is 216 g/mol. The highest BCUT2D eigenvalue weighted by Crippen LogP contribution is 2.24. The molecule has 1 aromatic carbocycles. The highest BCUT2D eigenvalue weighted by molar-refractivity contribution is 5.86. The zero-order chi connectivity index (χ0) is 12.4. The Kier molecular flexibility index (Phi) is 3.10. The Morgan fingerprint density at radius 2 is 2.24 bits per heavy atom. The van der Waals surface area contributed by atoms with Crippen molar-refractivity contribution >= 4 is 22.7 Å².